The number of ether oxygens (including phenoxy) is 1. The number of carbonyl (C=O) groups is 1. The lowest BCUT2D eigenvalue weighted by atomic mass is 9.89. The lowest BCUT2D eigenvalue weighted by Crippen LogP contribution is -2.42. The molecule has 2 N–H and O–H groups in total. The second-order valence-electron chi connectivity index (χ2n) is 8.45. The van der Waals surface area contributed by atoms with Crippen LogP contribution in [0.1, 0.15) is 50.3 Å². The highest BCUT2D eigenvalue weighted by molar-refractivity contribution is 7.80. The summed E-state index contributed by atoms with van der Waals surface area (Å²) in [6, 6.07) is 14.2. The molecule has 1 amide bonds. The summed E-state index contributed by atoms with van der Waals surface area (Å²) in [5, 5.41) is 7.30. The maximum absolute atomic E-state index is 11.9. The third kappa shape index (κ3) is 4.37. The molecule has 1 saturated heterocycles. The first-order valence-electron chi connectivity index (χ1n) is 10.1. The summed E-state index contributed by atoms with van der Waals surface area (Å²) in [7, 11) is 0. The van der Waals surface area contributed by atoms with Crippen LogP contribution in [0.15, 0.2) is 42.5 Å². The number of carbonyl (C=O) groups excluding carboxylic acids is 1. The van der Waals surface area contributed by atoms with Gasteiger partial charge < -0.3 is 20.3 Å². The van der Waals surface area contributed by atoms with Crippen LogP contribution in [0.3, 0.4) is 0 Å². The summed E-state index contributed by atoms with van der Waals surface area (Å²) >= 11 is 5.58. The van der Waals surface area contributed by atoms with Gasteiger partial charge in [-0.2, -0.15) is 0 Å². The van der Waals surface area contributed by atoms with Crippen LogP contribution in [0.2, 0.25) is 0 Å². The Bertz CT molecular complexity index is 940. The Kier molecular flexibility index (Phi) is 5.21. The first kappa shape index (κ1) is 19.7. The van der Waals surface area contributed by atoms with Crippen LogP contribution in [-0.4, -0.2) is 23.2 Å². The zero-order valence-corrected chi connectivity index (χ0v) is 17.9. The van der Waals surface area contributed by atoms with E-state index in [1.165, 1.54) is 5.56 Å². The van der Waals surface area contributed by atoms with Crippen molar-refractivity contribution in [2.75, 3.05) is 16.8 Å². The fraction of sp³-hybridized carbons (Fsp3) is 0.391. The SMILES string of the molecule is Cc1ccc2c(c1)[C@H](NC(=S)Nc1ccc(N3CCCC3=O)cc1)CC(C)(C)O2. The van der Waals surface area contributed by atoms with Gasteiger partial charge in [-0.05, 0) is 69.7 Å². The smallest absolute Gasteiger partial charge is 0.227 e. The number of benzene rings is 2. The zero-order chi connectivity index (χ0) is 20.6. The molecule has 0 aliphatic carbocycles. The van der Waals surface area contributed by atoms with Gasteiger partial charge in [0.15, 0.2) is 5.11 Å². The van der Waals surface area contributed by atoms with E-state index in [1.54, 1.807) is 0 Å². The van der Waals surface area contributed by atoms with Gasteiger partial charge in [0.05, 0.1) is 6.04 Å². The van der Waals surface area contributed by atoms with E-state index in [4.69, 9.17) is 17.0 Å². The molecule has 0 saturated carbocycles. The van der Waals surface area contributed by atoms with Crippen LogP contribution >= 0.6 is 12.2 Å². The van der Waals surface area contributed by atoms with Gasteiger partial charge in [-0.15, -0.1) is 0 Å². The lowest BCUT2D eigenvalue weighted by Gasteiger charge is -2.38. The summed E-state index contributed by atoms with van der Waals surface area (Å²) in [4.78, 5) is 13.7. The number of anilines is 2. The van der Waals surface area contributed by atoms with Crippen molar-refractivity contribution >= 4 is 34.6 Å². The van der Waals surface area contributed by atoms with E-state index in [0.717, 1.165) is 42.1 Å². The van der Waals surface area contributed by atoms with Crippen LogP contribution in [0.25, 0.3) is 0 Å². The molecular weight excluding hydrogens is 382 g/mol. The highest BCUT2D eigenvalue weighted by Crippen LogP contribution is 2.39. The second-order valence-corrected chi connectivity index (χ2v) is 8.86. The van der Waals surface area contributed by atoms with Crippen molar-refractivity contribution in [3.8, 4) is 5.75 Å². The largest absolute Gasteiger partial charge is 0.487 e. The van der Waals surface area contributed by atoms with Crippen molar-refractivity contribution < 1.29 is 9.53 Å². The molecule has 2 aromatic rings. The summed E-state index contributed by atoms with van der Waals surface area (Å²) in [6.07, 6.45) is 2.38. The number of amides is 1. The van der Waals surface area contributed by atoms with Crippen LogP contribution in [0.4, 0.5) is 11.4 Å². The molecule has 6 heteroatoms. The molecule has 0 radical (unpaired) electrons. The molecule has 2 aliphatic rings. The van der Waals surface area contributed by atoms with Crippen molar-refractivity contribution in [1.82, 2.24) is 5.32 Å². The molecule has 0 aromatic heterocycles. The number of aryl methyl sites for hydroxylation is 1. The molecule has 2 aliphatic heterocycles. The number of nitrogens with zero attached hydrogens (tertiary/aromatic N) is 1. The topological polar surface area (TPSA) is 53.6 Å². The number of thiocarbonyl (C=S) groups is 1. The van der Waals surface area contributed by atoms with Gasteiger partial charge in [-0.3, -0.25) is 4.79 Å². The molecule has 29 heavy (non-hydrogen) atoms. The zero-order valence-electron chi connectivity index (χ0n) is 17.1. The molecule has 2 aromatic carbocycles. The normalized spacial score (nSPS) is 20.0. The second kappa shape index (κ2) is 7.67. The van der Waals surface area contributed by atoms with Crippen LogP contribution in [-0.2, 0) is 4.79 Å². The molecule has 5 nitrogen and oxygen atoms in total. The van der Waals surface area contributed by atoms with E-state index in [1.807, 2.05) is 35.2 Å². The lowest BCUT2D eigenvalue weighted by molar-refractivity contribution is -0.117. The van der Waals surface area contributed by atoms with Crippen LogP contribution in [0.5, 0.6) is 5.75 Å². The average molecular weight is 410 g/mol. The summed E-state index contributed by atoms with van der Waals surface area (Å²) < 4.78 is 6.14. The average Bonchev–Trinajstić information content (AvgIpc) is 3.08. The van der Waals surface area contributed by atoms with Crippen molar-refractivity contribution in [1.29, 1.82) is 0 Å². The molecule has 0 unspecified atom stereocenters. The molecule has 0 bridgehead atoms. The third-order valence-corrected chi connectivity index (χ3v) is 5.66. The molecule has 4 rings (SSSR count). The fourth-order valence-electron chi connectivity index (χ4n) is 4.07. The molecule has 1 atom stereocenters. The van der Waals surface area contributed by atoms with Crippen molar-refractivity contribution in [2.45, 2.75) is 51.7 Å². The van der Waals surface area contributed by atoms with Gasteiger partial charge in [0.2, 0.25) is 5.91 Å². The van der Waals surface area contributed by atoms with Gasteiger partial charge in [-0.25, -0.2) is 0 Å². The van der Waals surface area contributed by atoms with Crippen molar-refractivity contribution in [3.63, 3.8) is 0 Å². The summed E-state index contributed by atoms with van der Waals surface area (Å²) in [5.74, 6) is 1.10. The molecule has 0 spiro atoms. The molecule has 2 heterocycles. The maximum Gasteiger partial charge on any atom is 0.227 e. The predicted octanol–water partition coefficient (Wildman–Crippen LogP) is 4.71. The highest BCUT2D eigenvalue weighted by atomic mass is 32.1. The van der Waals surface area contributed by atoms with E-state index in [9.17, 15) is 4.79 Å². The van der Waals surface area contributed by atoms with Crippen molar-refractivity contribution in [2.24, 2.45) is 0 Å². The van der Waals surface area contributed by atoms with Gasteiger partial charge in [-0.1, -0.05) is 17.7 Å². The van der Waals surface area contributed by atoms with Gasteiger partial charge in [0, 0.05) is 36.3 Å². The fourth-order valence-corrected chi connectivity index (χ4v) is 4.33. The van der Waals surface area contributed by atoms with E-state index in [2.05, 4.69) is 43.5 Å². The van der Waals surface area contributed by atoms with Gasteiger partial charge >= 0.3 is 0 Å². The van der Waals surface area contributed by atoms with E-state index in [-0.39, 0.29) is 17.6 Å². The quantitative estimate of drug-likeness (QED) is 0.719. The number of rotatable bonds is 3. The third-order valence-electron chi connectivity index (χ3n) is 5.44. The molecular formula is C23H27N3O2S. The van der Waals surface area contributed by atoms with Crippen molar-refractivity contribution in [3.05, 3.63) is 53.6 Å². The Morgan fingerprint density at radius 3 is 2.66 bits per heavy atom. The van der Waals surface area contributed by atoms with Crippen LogP contribution < -0.4 is 20.3 Å². The number of hydrogen-bond acceptors (Lipinski definition) is 3. The Labute approximate surface area is 177 Å². The van der Waals surface area contributed by atoms with E-state index < -0.39 is 0 Å². The minimum Gasteiger partial charge on any atom is -0.487 e. The summed E-state index contributed by atoms with van der Waals surface area (Å²) in [6.45, 7) is 7.07. The van der Waals surface area contributed by atoms with Gasteiger partial charge in [0.25, 0.3) is 0 Å². The molecule has 152 valence electrons. The minimum absolute atomic E-state index is 0.0788. The summed E-state index contributed by atoms with van der Waals surface area (Å²) in [5.41, 5.74) is 3.90. The maximum atomic E-state index is 11.9. The monoisotopic (exact) mass is 409 g/mol. The predicted molar refractivity (Wildman–Crippen MR) is 121 cm³/mol. The Hall–Kier alpha value is -2.60. The Morgan fingerprint density at radius 1 is 1.21 bits per heavy atom. The first-order chi connectivity index (χ1) is 13.8. The number of fused-ring (bicyclic) bond motifs is 1. The van der Waals surface area contributed by atoms with Gasteiger partial charge in [0.1, 0.15) is 11.4 Å². The van der Waals surface area contributed by atoms with Crippen LogP contribution in [0, 0.1) is 6.92 Å². The Balaban J connectivity index is 1.44. The standard InChI is InChI=1S/C23H27N3O2S/c1-15-6-11-20-18(13-15)19(14-23(2,3)28-20)25-22(29)24-16-7-9-17(10-8-16)26-12-4-5-21(26)27/h6-11,13,19H,4-5,12,14H2,1-3H3,(H2,24,25,29)/t19-/m1/s1. The number of nitrogens with one attached hydrogen (secondary N) is 2. The van der Waals surface area contributed by atoms with E-state index >= 15 is 0 Å². The number of hydrogen-bond donors (Lipinski definition) is 2. The van der Waals surface area contributed by atoms with E-state index in [0.29, 0.717) is 11.5 Å². The minimum atomic E-state index is -0.264. The molecule has 1 fully saturated rings. The highest BCUT2D eigenvalue weighted by Gasteiger charge is 2.34. The first-order valence-corrected chi connectivity index (χ1v) is 10.5. The Morgan fingerprint density at radius 2 is 1.97 bits per heavy atom.